The van der Waals surface area contributed by atoms with E-state index >= 15 is 0 Å². The molecule has 1 aliphatic heterocycles. The van der Waals surface area contributed by atoms with E-state index in [1.54, 1.807) is 12.1 Å². The highest BCUT2D eigenvalue weighted by Gasteiger charge is 2.16. The lowest BCUT2D eigenvalue weighted by molar-refractivity contribution is -0.384. The Bertz CT molecular complexity index is 670. The molecule has 1 heterocycles. The Morgan fingerprint density at radius 1 is 1.24 bits per heavy atom. The van der Waals surface area contributed by atoms with Gasteiger partial charge in [-0.2, -0.15) is 0 Å². The van der Waals surface area contributed by atoms with Crippen LogP contribution in [0.5, 0.6) is 5.75 Å². The SMILES string of the molecule is O=[N+]([O-])c1ccc(CC(Cl)c2ccc3c(c2)CCO3)cc1. The number of nitro benzene ring substituents is 1. The summed E-state index contributed by atoms with van der Waals surface area (Å²) in [6.07, 6.45) is 1.56. The molecular weight excluding hydrogens is 290 g/mol. The number of non-ortho nitro benzene ring substituents is 1. The van der Waals surface area contributed by atoms with Gasteiger partial charge in [0.2, 0.25) is 0 Å². The first-order valence-corrected chi connectivity index (χ1v) is 7.20. The number of hydrogen-bond donors (Lipinski definition) is 0. The van der Waals surface area contributed by atoms with Crippen LogP contribution in [0.25, 0.3) is 0 Å². The first-order valence-electron chi connectivity index (χ1n) is 6.76. The lowest BCUT2D eigenvalue weighted by Crippen LogP contribution is -1.97. The van der Waals surface area contributed by atoms with E-state index in [0.717, 1.165) is 29.9 Å². The Morgan fingerprint density at radius 2 is 2.00 bits per heavy atom. The van der Waals surface area contributed by atoms with Crippen molar-refractivity contribution >= 4 is 17.3 Å². The summed E-state index contributed by atoms with van der Waals surface area (Å²) in [6.45, 7) is 0.730. The zero-order valence-corrected chi connectivity index (χ0v) is 12.0. The molecule has 0 spiro atoms. The van der Waals surface area contributed by atoms with Crippen LogP contribution < -0.4 is 4.74 Å². The molecule has 4 nitrogen and oxygen atoms in total. The van der Waals surface area contributed by atoms with Crippen LogP contribution in [0.4, 0.5) is 5.69 Å². The Kier molecular flexibility index (Phi) is 3.80. The number of alkyl halides is 1. The van der Waals surface area contributed by atoms with E-state index in [1.807, 2.05) is 12.1 Å². The van der Waals surface area contributed by atoms with Gasteiger partial charge >= 0.3 is 0 Å². The van der Waals surface area contributed by atoms with E-state index < -0.39 is 4.92 Å². The van der Waals surface area contributed by atoms with Crippen molar-refractivity contribution in [3.8, 4) is 5.75 Å². The summed E-state index contributed by atoms with van der Waals surface area (Å²) in [5, 5.41) is 10.5. The molecule has 2 aromatic rings. The minimum Gasteiger partial charge on any atom is -0.493 e. The summed E-state index contributed by atoms with van der Waals surface area (Å²) in [5.74, 6) is 0.943. The second kappa shape index (κ2) is 5.74. The minimum absolute atomic E-state index is 0.0968. The van der Waals surface area contributed by atoms with Gasteiger partial charge in [-0.1, -0.05) is 24.3 Å². The van der Waals surface area contributed by atoms with Crippen molar-refractivity contribution in [1.82, 2.24) is 0 Å². The number of ether oxygens (including phenoxy) is 1. The van der Waals surface area contributed by atoms with Crippen molar-refractivity contribution in [2.45, 2.75) is 18.2 Å². The van der Waals surface area contributed by atoms with E-state index in [-0.39, 0.29) is 11.1 Å². The molecule has 0 aliphatic carbocycles. The molecule has 5 heteroatoms. The normalized spacial score (nSPS) is 14.3. The summed E-state index contributed by atoms with van der Waals surface area (Å²) in [7, 11) is 0. The van der Waals surface area contributed by atoms with Gasteiger partial charge < -0.3 is 4.74 Å². The quantitative estimate of drug-likeness (QED) is 0.486. The molecular formula is C16H14ClNO3. The Balaban J connectivity index is 1.73. The third kappa shape index (κ3) is 3.00. The molecule has 0 fully saturated rings. The van der Waals surface area contributed by atoms with Gasteiger partial charge in [-0.05, 0) is 29.2 Å². The highest BCUT2D eigenvalue weighted by atomic mass is 35.5. The molecule has 0 saturated heterocycles. The minimum atomic E-state index is -0.400. The van der Waals surface area contributed by atoms with E-state index in [2.05, 4.69) is 6.07 Å². The number of hydrogen-bond acceptors (Lipinski definition) is 3. The standard InChI is InChI=1S/C16H14ClNO3/c17-15(9-11-1-4-14(5-2-11)18(19)20)12-3-6-16-13(10-12)7-8-21-16/h1-6,10,15H,7-9H2. The molecule has 108 valence electrons. The monoisotopic (exact) mass is 303 g/mol. The van der Waals surface area contributed by atoms with Crippen molar-refractivity contribution in [1.29, 1.82) is 0 Å². The summed E-state index contributed by atoms with van der Waals surface area (Å²) >= 11 is 6.47. The number of rotatable bonds is 4. The van der Waals surface area contributed by atoms with Gasteiger partial charge in [-0.25, -0.2) is 0 Å². The van der Waals surface area contributed by atoms with Crippen LogP contribution in [0.15, 0.2) is 42.5 Å². The van der Waals surface area contributed by atoms with Gasteiger partial charge in [0, 0.05) is 18.6 Å². The second-order valence-corrected chi connectivity index (χ2v) is 5.59. The number of nitro groups is 1. The third-order valence-electron chi connectivity index (χ3n) is 3.64. The molecule has 21 heavy (non-hydrogen) atoms. The Morgan fingerprint density at radius 3 is 2.71 bits per heavy atom. The molecule has 1 unspecified atom stereocenters. The summed E-state index contributed by atoms with van der Waals surface area (Å²) < 4.78 is 5.48. The van der Waals surface area contributed by atoms with Gasteiger partial charge in [0.25, 0.3) is 5.69 Å². The van der Waals surface area contributed by atoms with Crippen molar-refractivity contribution in [2.24, 2.45) is 0 Å². The Labute approximate surface area is 127 Å². The van der Waals surface area contributed by atoms with Crippen LogP contribution in [-0.2, 0) is 12.8 Å². The summed E-state index contributed by atoms with van der Waals surface area (Å²) in [4.78, 5) is 10.2. The van der Waals surface area contributed by atoms with Crippen LogP contribution >= 0.6 is 11.6 Å². The van der Waals surface area contributed by atoms with Gasteiger partial charge in [-0.3, -0.25) is 10.1 Å². The zero-order valence-electron chi connectivity index (χ0n) is 11.3. The molecule has 0 radical (unpaired) electrons. The van der Waals surface area contributed by atoms with E-state index in [9.17, 15) is 10.1 Å². The first kappa shape index (κ1) is 13.9. The predicted molar refractivity (Wildman–Crippen MR) is 81.0 cm³/mol. The van der Waals surface area contributed by atoms with E-state index in [4.69, 9.17) is 16.3 Å². The predicted octanol–water partition coefficient (Wildman–Crippen LogP) is 4.05. The summed E-state index contributed by atoms with van der Waals surface area (Å²) in [6, 6.07) is 12.6. The van der Waals surface area contributed by atoms with Crippen LogP contribution in [0.2, 0.25) is 0 Å². The number of benzene rings is 2. The van der Waals surface area contributed by atoms with Gasteiger partial charge in [0.15, 0.2) is 0 Å². The highest BCUT2D eigenvalue weighted by Crippen LogP contribution is 2.32. The van der Waals surface area contributed by atoms with Gasteiger partial charge in [0.05, 0.1) is 16.9 Å². The molecule has 0 aromatic heterocycles. The molecule has 0 amide bonds. The van der Waals surface area contributed by atoms with Gasteiger partial charge in [0.1, 0.15) is 5.75 Å². The fourth-order valence-electron chi connectivity index (χ4n) is 2.48. The maximum atomic E-state index is 10.6. The topological polar surface area (TPSA) is 52.4 Å². The molecule has 3 rings (SSSR count). The van der Waals surface area contributed by atoms with Crippen LogP contribution in [0, 0.1) is 10.1 Å². The van der Waals surface area contributed by atoms with E-state index in [0.29, 0.717) is 6.42 Å². The maximum Gasteiger partial charge on any atom is 0.269 e. The second-order valence-electron chi connectivity index (χ2n) is 5.06. The van der Waals surface area contributed by atoms with Crippen molar-refractivity contribution < 1.29 is 9.66 Å². The third-order valence-corrected chi connectivity index (χ3v) is 4.04. The van der Waals surface area contributed by atoms with Crippen molar-refractivity contribution in [2.75, 3.05) is 6.61 Å². The van der Waals surface area contributed by atoms with Crippen molar-refractivity contribution in [3.63, 3.8) is 0 Å². The summed E-state index contributed by atoms with van der Waals surface area (Å²) in [5.41, 5.74) is 3.33. The number of fused-ring (bicyclic) bond motifs is 1. The van der Waals surface area contributed by atoms with Crippen molar-refractivity contribution in [3.05, 3.63) is 69.3 Å². The fourth-order valence-corrected chi connectivity index (χ4v) is 2.79. The molecule has 0 N–H and O–H groups in total. The lowest BCUT2D eigenvalue weighted by atomic mass is 10.0. The number of nitrogens with zero attached hydrogens (tertiary/aromatic N) is 1. The lowest BCUT2D eigenvalue weighted by Gasteiger charge is -2.11. The zero-order chi connectivity index (χ0) is 14.8. The molecule has 0 saturated carbocycles. The smallest absolute Gasteiger partial charge is 0.269 e. The first-order chi connectivity index (χ1) is 10.1. The van der Waals surface area contributed by atoms with E-state index in [1.165, 1.54) is 17.7 Å². The van der Waals surface area contributed by atoms with Crippen LogP contribution in [0.3, 0.4) is 0 Å². The molecule has 0 bridgehead atoms. The van der Waals surface area contributed by atoms with Crippen LogP contribution in [-0.4, -0.2) is 11.5 Å². The average molecular weight is 304 g/mol. The van der Waals surface area contributed by atoms with Gasteiger partial charge in [-0.15, -0.1) is 11.6 Å². The fraction of sp³-hybridized carbons (Fsp3) is 0.250. The number of halogens is 1. The molecule has 1 atom stereocenters. The van der Waals surface area contributed by atoms with Crippen LogP contribution in [0.1, 0.15) is 22.1 Å². The molecule has 2 aromatic carbocycles. The molecule has 1 aliphatic rings. The average Bonchev–Trinajstić information content (AvgIpc) is 2.95. The largest absolute Gasteiger partial charge is 0.493 e. The maximum absolute atomic E-state index is 10.6. The Hall–Kier alpha value is -2.07. The highest BCUT2D eigenvalue weighted by molar-refractivity contribution is 6.20.